The van der Waals surface area contributed by atoms with E-state index in [1.807, 2.05) is 6.07 Å². The molecule has 0 saturated carbocycles. The van der Waals surface area contributed by atoms with E-state index in [0.717, 1.165) is 16.3 Å². The van der Waals surface area contributed by atoms with Gasteiger partial charge in [0.1, 0.15) is 0 Å². The van der Waals surface area contributed by atoms with E-state index in [4.69, 9.17) is 21.1 Å². The summed E-state index contributed by atoms with van der Waals surface area (Å²) in [7, 11) is -0.371. The zero-order chi connectivity index (χ0) is 20.5. The molecule has 7 nitrogen and oxygen atoms in total. The second-order valence-corrected chi connectivity index (χ2v) is 9.18. The van der Waals surface area contributed by atoms with E-state index in [1.165, 1.54) is 29.5 Å². The van der Waals surface area contributed by atoms with Crippen molar-refractivity contribution in [1.82, 2.24) is 0 Å². The number of anilines is 2. The van der Waals surface area contributed by atoms with Crippen molar-refractivity contribution in [1.29, 1.82) is 0 Å². The van der Waals surface area contributed by atoms with Crippen LogP contribution in [-0.2, 0) is 10.0 Å². The average Bonchev–Trinajstić information content (AvgIpc) is 3.01. The highest BCUT2D eigenvalue weighted by Gasteiger charge is 2.15. The molecule has 148 valence electrons. The van der Waals surface area contributed by atoms with Gasteiger partial charge in [0.05, 0.1) is 31.0 Å². The predicted octanol–water partition coefficient (Wildman–Crippen LogP) is 4.20. The first-order chi connectivity index (χ1) is 13.2. The number of hydrogen-bond donors (Lipinski definition) is 2. The fourth-order valence-corrected chi connectivity index (χ4v) is 4.36. The molecule has 0 atom stereocenters. The van der Waals surface area contributed by atoms with Gasteiger partial charge in [0.15, 0.2) is 11.5 Å². The Bertz CT molecular complexity index is 1120. The quantitative estimate of drug-likeness (QED) is 0.599. The molecule has 2 N–H and O–H groups in total. The molecule has 3 rings (SSSR count). The van der Waals surface area contributed by atoms with Crippen LogP contribution in [-0.4, -0.2) is 34.8 Å². The molecular formula is C18H17ClN2O5S2. The molecule has 28 heavy (non-hydrogen) atoms. The molecule has 0 radical (unpaired) electrons. The Hall–Kier alpha value is -2.49. The summed E-state index contributed by atoms with van der Waals surface area (Å²) in [4.78, 5) is 13.1. The maximum atomic E-state index is 12.7. The third-order valence-electron chi connectivity index (χ3n) is 3.71. The number of carbonyl (C=O) groups excluding carboxylic acids is 1. The molecule has 0 fully saturated rings. The van der Waals surface area contributed by atoms with Crippen LogP contribution >= 0.6 is 22.9 Å². The molecule has 1 amide bonds. The number of rotatable bonds is 6. The number of thiophene rings is 1. The highest BCUT2D eigenvalue weighted by molar-refractivity contribution is 7.92. The first-order valence-corrected chi connectivity index (χ1v) is 11.0. The lowest BCUT2D eigenvalue weighted by Crippen LogP contribution is -2.12. The van der Waals surface area contributed by atoms with E-state index < -0.39 is 10.0 Å². The monoisotopic (exact) mass is 440 g/mol. The molecule has 1 aromatic heterocycles. The van der Waals surface area contributed by atoms with Crippen molar-refractivity contribution in [2.45, 2.75) is 0 Å². The predicted molar refractivity (Wildman–Crippen MR) is 113 cm³/mol. The first kappa shape index (κ1) is 20.2. The Balaban J connectivity index is 1.89. The number of amides is 1. The van der Waals surface area contributed by atoms with Gasteiger partial charge in [0.25, 0.3) is 5.91 Å². The Morgan fingerprint density at radius 3 is 2.29 bits per heavy atom. The van der Waals surface area contributed by atoms with Crippen LogP contribution in [0.2, 0.25) is 5.02 Å². The third kappa shape index (κ3) is 4.67. The lowest BCUT2D eigenvalue weighted by molar-refractivity contribution is 0.103. The van der Waals surface area contributed by atoms with E-state index in [9.17, 15) is 13.2 Å². The van der Waals surface area contributed by atoms with E-state index in [1.54, 1.807) is 26.4 Å². The average molecular weight is 441 g/mol. The summed E-state index contributed by atoms with van der Waals surface area (Å²) in [6.45, 7) is 0. The fourth-order valence-electron chi connectivity index (χ4n) is 2.61. The van der Waals surface area contributed by atoms with Crippen LogP contribution in [0.4, 0.5) is 11.4 Å². The normalized spacial score (nSPS) is 11.3. The van der Waals surface area contributed by atoms with Crippen LogP contribution in [0.1, 0.15) is 9.67 Å². The van der Waals surface area contributed by atoms with Gasteiger partial charge in [-0.25, -0.2) is 8.42 Å². The van der Waals surface area contributed by atoms with Crippen molar-refractivity contribution in [2.75, 3.05) is 30.5 Å². The second kappa shape index (κ2) is 7.86. The van der Waals surface area contributed by atoms with Crippen molar-refractivity contribution in [3.8, 4) is 11.5 Å². The van der Waals surface area contributed by atoms with Gasteiger partial charge in [0, 0.05) is 21.5 Å². The molecule has 0 aliphatic carbocycles. The summed E-state index contributed by atoms with van der Waals surface area (Å²) in [5.74, 6) is 0.813. The highest BCUT2D eigenvalue weighted by Crippen LogP contribution is 2.36. The molecule has 0 unspecified atom stereocenters. The van der Waals surface area contributed by atoms with Crippen molar-refractivity contribution in [3.63, 3.8) is 0 Å². The molecule has 3 aromatic rings. The van der Waals surface area contributed by atoms with Gasteiger partial charge in [0.2, 0.25) is 10.0 Å². The Morgan fingerprint density at radius 1 is 1.00 bits per heavy atom. The standard InChI is InChI=1S/C18H17ClN2O5S2/c1-25-14-4-10-5-17(27-16(10)9-15(14)26-2)18(22)20-12-6-11(19)7-13(8-12)21-28(3,23)24/h4-9,21H,1-3H3,(H,20,22). The van der Waals surface area contributed by atoms with Gasteiger partial charge in [-0.2, -0.15) is 0 Å². The van der Waals surface area contributed by atoms with Crippen molar-refractivity contribution in [3.05, 3.63) is 46.3 Å². The lowest BCUT2D eigenvalue weighted by Gasteiger charge is -2.09. The van der Waals surface area contributed by atoms with E-state index >= 15 is 0 Å². The van der Waals surface area contributed by atoms with Crippen LogP contribution in [0.15, 0.2) is 36.4 Å². The lowest BCUT2D eigenvalue weighted by atomic mass is 10.2. The Kier molecular flexibility index (Phi) is 5.69. The third-order valence-corrected chi connectivity index (χ3v) is 5.63. The number of fused-ring (bicyclic) bond motifs is 1. The SMILES string of the molecule is COc1cc2cc(C(=O)Nc3cc(Cl)cc(NS(C)(=O)=O)c3)sc2cc1OC. The number of benzene rings is 2. The number of methoxy groups -OCH3 is 2. The molecule has 0 saturated heterocycles. The Morgan fingerprint density at radius 2 is 1.64 bits per heavy atom. The van der Waals surface area contributed by atoms with Crippen LogP contribution in [0.3, 0.4) is 0 Å². The van der Waals surface area contributed by atoms with Crippen molar-refractivity contribution < 1.29 is 22.7 Å². The molecule has 1 heterocycles. The van der Waals surface area contributed by atoms with E-state index in [2.05, 4.69) is 10.0 Å². The van der Waals surface area contributed by atoms with Crippen molar-refractivity contribution in [2.24, 2.45) is 0 Å². The summed E-state index contributed by atoms with van der Waals surface area (Å²) in [5.41, 5.74) is 0.632. The van der Waals surface area contributed by atoms with Gasteiger partial charge in [-0.3, -0.25) is 9.52 Å². The van der Waals surface area contributed by atoms with Crippen molar-refractivity contribution >= 4 is 60.3 Å². The largest absolute Gasteiger partial charge is 0.493 e. The minimum Gasteiger partial charge on any atom is -0.493 e. The maximum absolute atomic E-state index is 12.7. The number of sulfonamides is 1. The molecule has 0 bridgehead atoms. The molecule has 10 heteroatoms. The number of carbonyl (C=O) groups is 1. The van der Waals surface area contributed by atoms with E-state index in [0.29, 0.717) is 22.1 Å². The number of hydrogen-bond acceptors (Lipinski definition) is 6. The van der Waals surface area contributed by atoms with Gasteiger partial charge < -0.3 is 14.8 Å². The summed E-state index contributed by atoms with van der Waals surface area (Å²) in [6, 6.07) is 9.84. The van der Waals surface area contributed by atoms with Crippen LogP contribution in [0.25, 0.3) is 10.1 Å². The summed E-state index contributed by atoms with van der Waals surface area (Å²) < 4.78 is 36.6. The van der Waals surface area contributed by atoms with Gasteiger partial charge >= 0.3 is 0 Å². The number of nitrogens with one attached hydrogen (secondary N) is 2. The summed E-state index contributed by atoms with van der Waals surface area (Å²) >= 11 is 7.33. The molecule has 2 aromatic carbocycles. The molecule has 0 aliphatic rings. The number of ether oxygens (including phenoxy) is 2. The van der Waals surface area contributed by atoms with Crippen LogP contribution in [0.5, 0.6) is 11.5 Å². The zero-order valence-corrected chi connectivity index (χ0v) is 17.6. The minimum absolute atomic E-state index is 0.260. The number of halogens is 1. The smallest absolute Gasteiger partial charge is 0.265 e. The molecule has 0 spiro atoms. The van der Waals surface area contributed by atoms with E-state index in [-0.39, 0.29) is 16.6 Å². The van der Waals surface area contributed by atoms with Crippen LogP contribution < -0.4 is 19.5 Å². The molecular weight excluding hydrogens is 424 g/mol. The van der Waals surface area contributed by atoms with Crippen LogP contribution in [0, 0.1) is 0 Å². The fraction of sp³-hybridized carbons (Fsp3) is 0.167. The topological polar surface area (TPSA) is 93.7 Å². The van der Waals surface area contributed by atoms with Gasteiger partial charge in [-0.15, -0.1) is 11.3 Å². The minimum atomic E-state index is -3.46. The second-order valence-electron chi connectivity index (χ2n) is 5.91. The van der Waals surface area contributed by atoms with Gasteiger partial charge in [-0.1, -0.05) is 11.6 Å². The Labute approximate surface area is 171 Å². The maximum Gasteiger partial charge on any atom is 0.265 e. The van der Waals surface area contributed by atoms with Gasteiger partial charge in [-0.05, 0) is 35.7 Å². The molecule has 0 aliphatic heterocycles. The summed E-state index contributed by atoms with van der Waals surface area (Å²) in [5, 5.41) is 3.87. The first-order valence-electron chi connectivity index (χ1n) is 7.94. The highest BCUT2D eigenvalue weighted by atomic mass is 35.5. The zero-order valence-electron chi connectivity index (χ0n) is 15.2. The summed E-state index contributed by atoms with van der Waals surface area (Å²) in [6.07, 6.45) is 1.03.